The molecule has 0 aliphatic heterocycles. The lowest BCUT2D eigenvalue weighted by molar-refractivity contribution is 0.609. The Bertz CT molecular complexity index is 524. The number of nitrogens with zero attached hydrogens (tertiary/aromatic N) is 1. The molecule has 0 saturated heterocycles. The molecule has 0 aromatic carbocycles. The van der Waals surface area contributed by atoms with Gasteiger partial charge in [-0.2, -0.15) is 0 Å². The number of aryl methyl sites for hydroxylation is 1. The maximum Gasteiger partial charge on any atom is 0.131 e. The number of pyridine rings is 1. The summed E-state index contributed by atoms with van der Waals surface area (Å²) in [5.74, 6) is 0. The van der Waals surface area contributed by atoms with Crippen LogP contribution in [0.5, 0.6) is 0 Å². The molecule has 17 heavy (non-hydrogen) atoms. The highest BCUT2D eigenvalue weighted by atomic mass is 35.5. The van der Waals surface area contributed by atoms with E-state index < -0.39 is 0 Å². The van der Waals surface area contributed by atoms with E-state index in [2.05, 4.69) is 21.7 Å². The molecule has 1 atom stereocenters. The monoisotopic (exact) mass is 264 g/mol. The van der Waals surface area contributed by atoms with Crippen LogP contribution in [0.25, 0.3) is 0 Å². The third kappa shape index (κ3) is 2.31. The predicted molar refractivity (Wildman–Crippen MR) is 72.9 cm³/mol. The van der Waals surface area contributed by atoms with Gasteiger partial charge < -0.3 is 5.32 Å². The summed E-state index contributed by atoms with van der Waals surface area (Å²) in [6, 6.07) is 6.50. The summed E-state index contributed by atoms with van der Waals surface area (Å²) < 4.78 is 0. The molecule has 0 fully saturated rings. The molecule has 2 heterocycles. The van der Waals surface area contributed by atoms with Crippen LogP contribution < -0.4 is 5.32 Å². The van der Waals surface area contributed by atoms with E-state index in [0.717, 1.165) is 5.69 Å². The SMILES string of the molecule is Clc1cc(NC2CCCc3sccc32)ccn1. The summed E-state index contributed by atoms with van der Waals surface area (Å²) in [5, 5.41) is 6.27. The Hall–Kier alpha value is -1.06. The van der Waals surface area contributed by atoms with Gasteiger partial charge in [-0.3, -0.25) is 0 Å². The molecule has 0 amide bonds. The Morgan fingerprint density at radius 1 is 1.41 bits per heavy atom. The van der Waals surface area contributed by atoms with Gasteiger partial charge in [0.2, 0.25) is 0 Å². The van der Waals surface area contributed by atoms with Gasteiger partial charge in [-0.1, -0.05) is 11.6 Å². The molecule has 1 N–H and O–H groups in total. The number of halogens is 1. The Kier molecular flexibility index (Phi) is 3.04. The molecule has 4 heteroatoms. The van der Waals surface area contributed by atoms with E-state index in [4.69, 9.17) is 11.6 Å². The van der Waals surface area contributed by atoms with Crippen molar-refractivity contribution in [2.24, 2.45) is 0 Å². The van der Waals surface area contributed by atoms with Crippen LogP contribution in [0.4, 0.5) is 5.69 Å². The van der Waals surface area contributed by atoms with E-state index in [0.29, 0.717) is 11.2 Å². The fourth-order valence-electron chi connectivity index (χ4n) is 2.33. The van der Waals surface area contributed by atoms with Gasteiger partial charge in [0.15, 0.2) is 0 Å². The van der Waals surface area contributed by atoms with Crippen LogP contribution in [-0.2, 0) is 6.42 Å². The first-order chi connectivity index (χ1) is 8.33. The average Bonchev–Trinajstić information content (AvgIpc) is 2.78. The van der Waals surface area contributed by atoms with Crippen molar-refractivity contribution in [1.29, 1.82) is 0 Å². The first-order valence-corrected chi connectivity index (χ1v) is 7.03. The lowest BCUT2D eigenvalue weighted by atomic mass is 9.94. The highest BCUT2D eigenvalue weighted by Crippen LogP contribution is 2.35. The Morgan fingerprint density at radius 2 is 2.35 bits per heavy atom. The first-order valence-electron chi connectivity index (χ1n) is 5.77. The number of nitrogens with one attached hydrogen (secondary N) is 1. The number of anilines is 1. The molecule has 3 rings (SSSR count). The summed E-state index contributed by atoms with van der Waals surface area (Å²) in [6.07, 6.45) is 5.40. The van der Waals surface area contributed by atoms with E-state index in [1.165, 1.54) is 29.7 Å². The minimum atomic E-state index is 0.420. The molecule has 0 saturated carbocycles. The summed E-state index contributed by atoms with van der Waals surface area (Å²) in [6.45, 7) is 0. The molecular weight excluding hydrogens is 252 g/mol. The average molecular weight is 265 g/mol. The Balaban J connectivity index is 1.84. The van der Waals surface area contributed by atoms with E-state index in [1.807, 2.05) is 23.5 Å². The summed E-state index contributed by atoms with van der Waals surface area (Å²) in [4.78, 5) is 5.52. The highest BCUT2D eigenvalue weighted by Gasteiger charge is 2.20. The van der Waals surface area contributed by atoms with E-state index in [-0.39, 0.29) is 0 Å². The lowest BCUT2D eigenvalue weighted by Gasteiger charge is -2.24. The standard InChI is InChI=1S/C13H13ClN2S/c14-13-8-9(4-6-15-13)16-11-2-1-3-12-10(11)5-7-17-12/h4-8,11H,1-3H2,(H,15,16). The fraction of sp³-hybridized carbons (Fsp3) is 0.308. The summed E-state index contributed by atoms with van der Waals surface area (Å²) in [5.41, 5.74) is 2.50. The maximum atomic E-state index is 5.89. The molecule has 0 bridgehead atoms. The number of fused-ring (bicyclic) bond motifs is 1. The minimum absolute atomic E-state index is 0.420. The zero-order valence-corrected chi connectivity index (χ0v) is 10.9. The third-order valence-corrected chi connectivity index (χ3v) is 4.32. The van der Waals surface area contributed by atoms with Crippen molar-refractivity contribution in [3.63, 3.8) is 0 Å². The molecular formula is C13H13ClN2S. The number of thiophene rings is 1. The van der Waals surface area contributed by atoms with Crippen LogP contribution in [0, 0.1) is 0 Å². The van der Waals surface area contributed by atoms with Crippen LogP contribution in [0.3, 0.4) is 0 Å². The summed E-state index contributed by atoms with van der Waals surface area (Å²) in [7, 11) is 0. The van der Waals surface area contributed by atoms with Gasteiger partial charge in [0.25, 0.3) is 0 Å². The zero-order valence-electron chi connectivity index (χ0n) is 9.32. The number of hydrogen-bond acceptors (Lipinski definition) is 3. The first kappa shape index (κ1) is 11.1. The van der Waals surface area contributed by atoms with E-state index in [9.17, 15) is 0 Å². The molecule has 2 aromatic rings. The molecule has 1 aliphatic carbocycles. The Morgan fingerprint density at radius 3 is 3.24 bits per heavy atom. The van der Waals surface area contributed by atoms with Gasteiger partial charge in [0, 0.05) is 16.8 Å². The van der Waals surface area contributed by atoms with Crippen molar-refractivity contribution in [2.45, 2.75) is 25.3 Å². The largest absolute Gasteiger partial charge is 0.378 e. The van der Waals surface area contributed by atoms with Crippen molar-refractivity contribution in [2.75, 3.05) is 5.32 Å². The zero-order chi connectivity index (χ0) is 11.7. The third-order valence-electron chi connectivity index (χ3n) is 3.12. The smallest absolute Gasteiger partial charge is 0.131 e. The second-order valence-corrected chi connectivity index (χ2v) is 5.64. The summed E-state index contributed by atoms with van der Waals surface area (Å²) >= 11 is 7.76. The molecule has 1 unspecified atom stereocenters. The normalized spacial score (nSPS) is 18.8. The molecule has 0 radical (unpaired) electrons. The van der Waals surface area contributed by atoms with Crippen molar-refractivity contribution in [3.05, 3.63) is 45.4 Å². The van der Waals surface area contributed by atoms with Crippen molar-refractivity contribution in [3.8, 4) is 0 Å². The topological polar surface area (TPSA) is 24.9 Å². The molecule has 1 aliphatic rings. The van der Waals surface area contributed by atoms with E-state index in [1.54, 1.807) is 6.20 Å². The van der Waals surface area contributed by atoms with Gasteiger partial charge in [0.05, 0.1) is 6.04 Å². The van der Waals surface area contributed by atoms with Crippen LogP contribution >= 0.6 is 22.9 Å². The second kappa shape index (κ2) is 4.67. The maximum absolute atomic E-state index is 5.89. The van der Waals surface area contributed by atoms with Crippen molar-refractivity contribution < 1.29 is 0 Å². The van der Waals surface area contributed by atoms with Crippen LogP contribution in [0.2, 0.25) is 5.15 Å². The van der Waals surface area contributed by atoms with Gasteiger partial charge in [-0.25, -0.2) is 4.98 Å². The van der Waals surface area contributed by atoms with Crippen molar-refractivity contribution in [1.82, 2.24) is 4.98 Å². The van der Waals surface area contributed by atoms with E-state index >= 15 is 0 Å². The van der Waals surface area contributed by atoms with Gasteiger partial charge in [0.1, 0.15) is 5.15 Å². The molecule has 88 valence electrons. The molecule has 0 spiro atoms. The fourth-order valence-corrected chi connectivity index (χ4v) is 3.49. The van der Waals surface area contributed by atoms with Gasteiger partial charge >= 0.3 is 0 Å². The number of rotatable bonds is 2. The quantitative estimate of drug-likeness (QED) is 0.819. The highest BCUT2D eigenvalue weighted by molar-refractivity contribution is 7.10. The molecule has 2 nitrogen and oxygen atoms in total. The second-order valence-electron chi connectivity index (χ2n) is 4.26. The molecule has 2 aromatic heterocycles. The van der Waals surface area contributed by atoms with Crippen molar-refractivity contribution >= 4 is 28.6 Å². The van der Waals surface area contributed by atoms with Gasteiger partial charge in [-0.05, 0) is 48.4 Å². The van der Waals surface area contributed by atoms with Gasteiger partial charge in [-0.15, -0.1) is 11.3 Å². The minimum Gasteiger partial charge on any atom is -0.378 e. The predicted octanol–water partition coefficient (Wildman–Crippen LogP) is 4.29. The number of hydrogen-bond donors (Lipinski definition) is 1. The Labute approximate surface area is 110 Å². The lowest BCUT2D eigenvalue weighted by Crippen LogP contribution is -2.15. The number of aromatic nitrogens is 1. The van der Waals surface area contributed by atoms with Crippen LogP contribution in [0.15, 0.2) is 29.8 Å². The van der Waals surface area contributed by atoms with Crippen LogP contribution in [0.1, 0.15) is 29.3 Å². The van der Waals surface area contributed by atoms with Crippen LogP contribution in [-0.4, -0.2) is 4.98 Å².